The normalized spacial score (nSPS) is 15.0. The first-order valence-corrected chi connectivity index (χ1v) is 9.48. The molecule has 0 unspecified atom stereocenters. The van der Waals surface area contributed by atoms with Gasteiger partial charge >= 0.3 is 6.01 Å². The summed E-state index contributed by atoms with van der Waals surface area (Å²) in [6.45, 7) is 1.38. The SMILES string of the molecule is COc1nccc(OC2CCN(C(=O)Cc3cn(C)c4ccccc34)CC2)n1. The molecule has 1 aromatic carbocycles. The first-order valence-electron chi connectivity index (χ1n) is 9.48. The van der Waals surface area contributed by atoms with Gasteiger partial charge in [-0.1, -0.05) is 18.2 Å². The van der Waals surface area contributed by atoms with Crippen molar-refractivity contribution < 1.29 is 14.3 Å². The van der Waals surface area contributed by atoms with Crippen LogP contribution in [0.1, 0.15) is 18.4 Å². The number of hydrogen-bond acceptors (Lipinski definition) is 5. The predicted molar refractivity (Wildman–Crippen MR) is 105 cm³/mol. The highest BCUT2D eigenvalue weighted by molar-refractivity contribution is 5.89. The van der Waals surface area contributed by atoms with Crippen molar-refractivity contribution in [2.24, 2.45) is 7.05 Å². The zero-order valence-corrected chi connectivity index (χ0v) is 16.2. The number of benzene rings is 1. The number of para-hydroxylation sites is 1. The number of nitrogens with zero attached hydrogens (tertiary/aromatic N) is 4. The van der Waals surface area contributed by atoms with Crippen LogP contribution in [0.4, 0.5) is 0 Å². The summed E-state index contributed by atoms with van der Waals surface area (Å²) in [5.41, 5.74) is 2.23. The van der Waals surface area contributed by atoms with E-state index in [1.165, 1.54) is 7.11 Å². The fourth-order valence-corrected chi connectivity index (χ4v) is 3.72. The highest BCUT2D eigenvalue weighted by Crippen LogP contribution is 2.23. The Morgan fingerprint density at radius 3 is 2.79 bits per heavy atom. The molecule has 1 fully saturated rings. The third kappa shape index (κ3) is 3.78. The molecule has 1 aliphatic heterocycles. The Morgan fingerprint density at radius 2 is 2.00 bits per heavy atom. The van der Waals surface area contributed by atoms with Gasteiger partial charge in [-0.25, -0.2) is 4.98 Å². The molecule has 0 radical (unpaired) electrons. The summed E-state index contributed by atoms with van der Waals surface area (Å²) in [4.78, 5) is 22.9. The third-order valence-electron chi connectivity index (χ3n) is 5.19. The lowest BCUT2D eigenvalue weighted by molar-refractivity contribution is -0.132. The molecular formula is C21H24N4O3. The molecule has 28 heavy (non-hydrogen) atoms. The molecule has 1 amide bonds. The van der Waals surface area contributed by atoms with E-state index < -0.39 is 0 Å². The fourth-order valence-electron chi connectivity index (χ4n) is 3.72. The summed E-state index contributed by atoms with van der Waals surface area (Å²) < 4.78 is 13.0. The number of amides is 1. The fraction of sp³-hybridized carbons (Fsp3) is 0.381. The van der Waals surface area contributed by atoms with Crippen molar-refractivity contribution in [1.29, 1.82) is 0 Å². The van der Waals surface area contributed by atoms with Gasteiger partial charge in [-0.15, -0.1) is 0 Å². The molecule has 2 aromatic heterocycles. The van der Waals surface area contributed by atoms with Crippen molar-refractivity contribution in [2.75, 3.05) is 20.2 Å². The molecule has 0 saturated carbocycles. The standard InChI is InChI=1S/C21H24N4O3/c1-24-14-15(17-5-3-4-6-18(17)24)13-20(26)25-11-8-16(9-12-25)28-19-7-10-22-21(23-19)27-2/h3-7,10,14,16H,8-9,11-13H2,1-2H3. The average Bonchev–Trinajstić information content (AvgIpc) is 3.04. The van der Waals surface area contributed by atoms with E-state index in [9.17, 15) is 4.79 Å². The molecule has 1 saturated heterocycles. The molecule has 3 aromatic rings. The van der Waals surface area contributed by atoms with Crippen molar-refractivity contribution in [1.82, 2.24) is 19.4 Å². The van der Waals surface area contributed by atoms with Gasteiger partial charge in [-0.05, 0) is 11.6 Å². The number of rotatable bonds is 5. The second kappa shape index (κ2) is 7.88. The maximum absolute atomic E-state index is 12.8. The molecule has 146 valence electrons. The first-order chi connectivity index (χ1) is 13.6. The lowest BCUT2D eigenvalue weighted by Gasteiger charge is -2.32. The van der Waals surface area contributed by atoms with Crippen molar-refractivity contribution in [3.63, 3.8) is 0 Å². The summed E-state index contributed by atoms with van der Waals surface area (Å²) in [5.74, 6) is 0.672. The van der Waals surface area contributed by atoms with E-state index in [0.29, 0.717) is 31.4 Å². The van der Waals surface area contributed by atoms with E-state index in [-0.39, 0.29) is 12.0 Å². The van der Waals surface area contributed by atoms with Crippen LogP contribution < -0.4 is 9.47 Å². The highest BCUT2D eigenvalue weighted by atomic mass is 16.5. The topological polar surface area (TPSA) is 69.5 Å². The summed E-state index contributed by atoms with van der Waals surface area (Å²) in [6.07, 6.45) is 5.71. The molecule has 0 atom stereocenters. The zero-order chi connectivity index (χ0) is 19.5. The van der Waals surface area contributed by atoms with Crippen LogP contribution in [0, 0.1) is 0 Å². The summed E-state index contributed by atoms with van der Waals surface area (Å²) >= 11 is 0. The van der Waals surface area contributed by atoms with Crippen molar-refractivity contribution in [2.45, 2.75) is 25.4 Å². The minimum absolute atomic E-state index is 0.0428. The lowest BCUT2D eigenvalue weighted by atomic mass is 10.1. The first kappa shape index (κ1) is 18.3. The van der Waals surface area contributed by atoms with E-state index in [1.54, 1.807) is 12.3 Å². The number of hydrogen-bond donors (Lipinski definition) is 0. The van der Waals surface area contributed by atoms with E-state index in [0.717, 1.165) is 29.3 Å². The molecule has 0 bridgehead atoms. The van der Waals surface area contributed by atoms with Crippen LogP contribution in [-0.2, 0) is 18.3 Å². The zero-order valence-electron chi connectivity index (χ0n) is 16.2. The minimum atomic E-state index is 0.0428. The highest BCUT2D eigenvalue weighted by Gasteiger charge is 2.25. The largest absolute Gasteiger partial charge is 0.474 e. The number of fused-ring (bicyclic) bond motifs is 1. The Bertz CT molecular complexity index is 977. The number of aryl methyl sites for hydroxylation is 1. The summed E-state index contributed by atoms with van der Waals surface area (Å²) in [6, 6.07) is 10.2. The minimum Gasteiger partial charge on any atom is -0.474 e. The number of carbonyl (C=O) groups excluding carboxylic acids is 1. The van der Waals surface area contributed by atoms with Gasteiger partial charge in [0.05, 0.1) is 13.5 Å². The smallest absolute Gasteiger partial charge is 0.319 e. The van der Waals surface area contributed by atoms with Gasteiger partial charge in [-0.2, -0.15) is 4.98 Å². The van der Waals surface area contributed by atoms with Gasteiger partial charge in [-0.3, -0.25) is 4.79 Å². The van der Waals surface area contributed by atoms with E-state index in [2.05, 4.69) is 32.9 Å². The molecule has 1 aliphatic rings. The van der Waals surface area contributed by atoms with E-state index >= 15 is 0 Å². The van der Waals surface area contributed by atoms with Gasteiger partial charge in [0, 0.05) is 62.3 Å². The Kier molecular flexibility index (Phi) is 5.14. The molecule has 0 spiro atoms. The number of ether oxygens (including phenoxy) is 2. The number of likely N-dealkylation sites (tertiary alicyclic amines) is 1. The van der Waals surface area contributed by atoms with Gasteiger partial charge in [0.1, 0.15) is 6.10 Å². The maximum atomic E-state index is 12.8. The number of methoxy groups -OCH3 is 1. The lowest BCUT2D eigenvalue weighted by Crippen LogP contribution is -2.42. The van der Waals surface area contributed by atoms with Gasteiger partial charge < -0.3 is 18.9 Å². The van der Waals surface area contributed by atoms with Gasteiger partial charge in [0.25, 0.3) is 0 Å². The monoisotopic (exact) mass is 380 g/mol. The number of aromatic nitrogens is 3. The van der Waals surface area contributed by atoms with Crippen LogP contribution in [0.3, 0.4) is 0 Å². The Morgan fingerprint density at radius 1 is 1.21 bits per heavy atom. The van der Waals surface area contributed by atoms with Gasteiger partial charge in [0.15, 0.2) is 0 Å². The van der Waals surface area contributed by atoms with Crippen molar-refractivity contribution >= 4 is 16.8 Å². The molecule has 3 heterocycles. The summed E-state index contributed by atoms with van der Waals surface area (Å²) in [5, 5.41) is 1.15. The number of carbonyl (C=O) groups is 1. The molecule has 7 heteroatoms. The number of piperidine rings is 1. The molecule has 4 rings (SSSR count). The Balaban J connectivity index is 1.35. The van der Waals surface area contributed by atoms with Crippen molar-refractivity contribution in [3.05, 3.63) is 48.3 Å². The van der Waals surface area contributed by atoms with Crippen LogP contribution in [0.15, 0.2) is 42.7 Å². The molecule has 0 aliphatic carbocycles. The van der Waals surface area contributed by atoms with Crippen LogP contribution >= 0.6 is 0 Å². The Labute approximate surface area is 163 Å². The predicted octanol–water partition coefficient (Wildman–Crippen LogP) is 2.59. The molecule has 7 nitrogen and oxygen atoms in total. The summed E-state index contributed by atoms with van der Waals surface area (Å²) in [7, 11) is 3.54. The van der Waals surface area contributed by atoms with Crippen LogP contribution in [-0.4, -0.2) is 51.6 Å². The quantitative estimate of drug-likeness (QED) is 0.680. The van der Waals surface area contributed by atoms with Crippen LogP contribution in [0.25, 0.3) is 10.9 Å². The third-order valence-corrected chi connectivity index (χ3v) is 5.19. The average molecular weight is 380 g/mol. The van der Waals surface area contributed by atoms with Gasteiger partial charge in [0.2, 0.25) is 11.8 Å². The van der Waals surface area contributed by atoms with E-state index in [4.69, 9.17) is 9.47 Å². The maximum Gasteiger partial charge on any atom is 0.319 e. The van der Waals surface area contributed by atoms with Crippen LogP contribution in [0.2, 0.25) is 0 Å². The molecule has 0 N–H and O–H groups in total. The van der Waals surface area contributed by atoms with Crippen LogP contribution in [0.5, 0.6) is 11.9 Å². The van der Waals surface area contributed by atoms with Crippen molar-refractivity contribution in [3.8, 4) is 11.9 Å². The second-order valence-electron chi connectivity index (χ2n) is 7.04. The van der Waals surface area contributed by atoms with E-state index in [1.807, 2.05) is 24.1 Å². The Hall–Kier alpha value is -3.09. The molecular weight excluding hydrogens is 356 g/mol. The second-order valence-corrected chi connectivity index (χ2v) is 7.04.